The first-order valence-corrected chi connectivity index (χ1v) is 7.35. The maximum atomic E-state index is 8.70. The van der Waals surface area contributed by atoms with E-state index in [9.17, 15) is 0 Å². The SMILES string of the molecule is CC(C)c1nc(SCCOc2ccc(C#N)cc2)n[nH]1. The van der Waals surface area contributed by atoms with Crippen molar-refractivity contribution >= 4 is 11.8 Å². The van der Waals surface area contributed by atoms with Gasteiger partial charge < -0.3 is 4.74 Å². The standard InChI is InChI=1S/C14H16N4OS/c1-10(2)13-16-14(18-17-13)20-8-7-19-12-5-3-11(9-15)4-6-12/h3-6,10H,7-8H2,1-2H3,(H,16,17,18). The number of benzene rings is 1. The molecule has 0 atom stereocenters. The van der Waals surface area contributed by atoms with Gasteiger partial charge in [-0.2, -0.15) is 5.26 Å². The van der Waals surface area contributed by atoms with E-state index >= 15 is 0 Å². The van der Waals surface area contributed by atoms with Crippen LogP contribution in [0.1, 0.15) is 31.2 Å². The van der Waals surface area contributed by atoms with Gasteiger partial charge in [-0.3, -0.25) is 5.10 Å². The molecule has 0 aliphatic heterocycles. The molecule has 1 aromatic heterocycles. The Bertz CT molecular complexity index is 586. The van der Waals surface area contributed by atoms with Crippen molar-refractivity contribution in [2.24, 2.45) is 0 Å². The predicted octanol–water partition coefficient (Wildman–Crippen LogP) is 2.97. The van der Waals surface area contributed by atoms with Crippen molar-refractivity contribution in [1.82, 2.24) is 15.2 Å². The third-order valence-corrected chi connectivity index (χ3v) is 3.41. The summed E-state index contributed by atoms with van der Waals surface area (Å²) in [4.78, 5) is 4.38. The number of hydrogen-bond acceptors (Lipinski definition) is 5. The molecule has 0 spiro atoms. The Morgan fingerprint density at radius 3 is 2.70 bits per heavy atom. The van der Waals surface area contributed by atoms with Gasteiger partial charge in [-0.15, -0.1) is 5.10 Å². The minimum atomic E-state index is 0.353. The fourth-order valence-corrected chi connectivity index (χ4v) is 2.12. The van der Waals surface area contributed by atoms with Crippen LogP contribution in [-0.2, 0) is 0 Å². The summed E-state index contributed by atoms with van der Waals surface area (Å²) in [5.74, 6) is 2.80. The second-order valence-electron chi connectivity index (χ2n) is 4.49. The van der Waals surface area contributed by atoms with Gasteiger partial charge in [0.25, 0.3) is 0 Å². The topological polar surface area (TPSA) is 74.6 Å². The Hall–Kier alpha value is -2.00. The zero-order chi connectivity index (χ0) is 14.4. The number of thioether (sulfide) groups is 1. The Morgan fingerprint density at radius 1 is 1.35 bits per heavy atom. The minimum absolute atomic E-state index is 0.353. The van der Waals surface area contributed by atoms with Crippen LogP contribution in [0.4, 0.5) is 0 Å². The molecule has 0 saturated carbocycles. The Balaban J connectivity index is 1.74. The summed E-state index contributed by atoms with van der Waals surface area (Å²) < 4.78 is 5.59. The number of aromatic amines is 1. The van der Waals surface area contributed by atoms with Gasteiger partial charge >= 0.3 is 0 Å². The monoisotopic (exact) mass is 288 g/mol. The van der Waals surface area contributed by atoms with E-state index in [1.54, 1.807) is 36.0 Å². The van der Waals surface area contributed by atoms with Crippen molar-refractivity contribution in [3.63, 3.8) is 0 Å². The molecule has 0 fully saturated rings. The van der Waals surface area contributed by atoms with Crippen molar-refractivity contribution in [1.29, 1.82) is 5.26 Å². The lowest BCUT2D eigenvalue weighted by molar-refractivity contribution is 0.344. The van der Waals surface area contributed by atoms with Gasteiger partial charge in [0.2, 0.25) is 5.16 Å². The summed E-state index contributed by atoms with van der Waals surface area (Å²) in [6.45, 7) is 4.72. The van der Waals surface area contributed by atoms with Crippen molar-refractivity contribution in [2.75, 3.05) is 12.4 Å². The molecule has 2 aromatic rings. The van der Waals surface area contributed by atoms with Crippen LogP contribution in [0.15, 0.2) is 29.4 Å². The van der Waals surface area contributed by atoms with Crippen molar-refractivity contribution in [2.45, 2.75) is 24.9 Å². The van der Waals surface area contributed by atoms with Crippen molar-refractivity contribution in [3.05, 3.63) is 35.7 Å². The molecule has 1 aromatic carbocycles. The number of aromatic nitrogens is 3. The summed E-state index contributed by atoms with van der Waals surface area (Å²) >= 11 is 1.55. The Kier molecular flexibility index (Phi) is 5.02. The number of nitriles is 1. The molecular weight excluding hydrogens is 272 g/mol. The summed E-state index contributed by atoms with van der Waals surface area (Å²) in [6.07, 6.45) is 0. The fourth-order valence-electron chi connectivity index (χ4n) is 1.50. The van der Waals surface area contributed by atoms with Gasteiger partial charge in [-0.25, -0.2) is 4.98 Å². The van der Waals surface area contributed by atoms with Gasteiger partial charge in [-0.05, 0) is 24.3 Å². The fraction of sp³-hybridized carbons (Fsp3) is 0.357. The van der Waals surface area contributed by atoms with E-state index in [4.69, 9.17) is 10.00 Å². The van der Waals surface area contributed by atoms with Gasteiger partial charge in [-0.1, -0.05) is 25.6 Å². The van der Waals surface area contributed by atoms with E-state index in [2.05, 4.69) is 35.1 Å². The average Bonchev–Trinajstić information content (AvgIpc) is 2.93. The molecule has 0 saturated heterocycles. The number of hydrogen-bond donors (Lipinski definition) is 1. The third kappa shape index (κ3) is 4.00. The van der Waals surface area contributed by atoms with Gasteiger partial charge in [0.1, 0.15) is 11.6 Å². The number of nitrogens with one attached hydrogen (secondary N) is 1. The molecule has 104 valence electrons. The number of nitrogens with zero attached hydrogens (tertiary/aromatic N) is 3. The molecule has 1 heterocycles. The number of rotatable bonds is 6. The van der Waals surface area contributed by atoms with E-state index in [-0.39, 0.29) is 0 Å². The first-order chi connectivity index (χ1) is 9.69. The van der Waals surface area contributed by atoms with Crippen LogP contribution < -0.4 is 4.74 Å². The van der Waals surface area contributed by atoms with E-state index < -0.39 is 0 Å². The smallest absolute Gasteiger partial charge is 0.208 e. The van der Waals surface area contributed by atoms with Gasteiger partial charge in [0.15, 0.2) is 0 Å². The zero-order valence-electron chi connectivity index (χ0n) is 11.5. The third-order valence-electron chi connectivity index (χ3n) is 2.60. The molecule has 2 rings (SSSR count). The first-order valence-electron chi connectivity index (χ1n) is 6.37. The summed E-state index contributed by atoms with van der Waals surface area (Å²) in [7, 11) is 0. The molecule has 0 radical (unpaired) electrons. The van der Waals surface area contributed by atoms with Gasteiger partial charge in [0.05, 0.1) is 18.2 Å². The van der Waals surface area contributed by atoms with E-state index in [1.165, 1.54) is 0 Å². The number of ether oxygens (including phenoxy) is 1. The largest absolute Gasteiger partial charge is 0.493 e. The summed E-state index contributed by atoms with van der Waals surface area (Å²) in [5.41, 5.74) is 0.633. The highest BCUT2D eigenvalue weighted by atomic mass is 32.2. The van der Waals surface area contributed by atoms with Crippen LogP contribution in [0.3, 0.4) is 0 Å². The molecule has 0 unspecified atom stereocenters. The van der Waals surface area contributed by atoms with E-state index in [0.717, 1.165) is 22.5 Å². The molecule has 6 heteroatoms. The Labute approximate surface area is 122 Å². The highest BCUT2D eigenvalue weighted by Crippen LogP contribution is 2.17. The molecule has 1 N–H and O–H groups in total. The lowest BCUT2D eigenvalue weighted by Gasteiger charge is -2.04. The maximum Gasteiger partial charge on any atom is 0.208 e. The van der Waals surface area contributed by atoms with Crippen molar-refractivity contribution in [3.8, 4) is 11.8 Å². The molecule has 5 nitrogen and oxygen atoms in total. The lowest BCUT2D eigenvalue weighted by Crippen LogP contribution is -2.00. The lowest BCUT2D eigenvalue weighted by atomic mass is 10.2. The predicted molar refractivity (Wildman–Crippen MR) is 77.8 cm³/mol. The van der Waals surface area contributed by atoms with Crippen LogP contribution >= 0.6 is 11.8 Å². The van der Waals surface area contributed by atoms with Crippen molar-refractivity contribution < 1.29 is 4.74 Å². The van der Waals surface area contributed by atoms with Crippen LogP contribution in [0, 0.1) is 11.3 Å². The summed E-state index contributed by atoms with van der Waals surface area (Å²) in [6, 6.07) is 9.16. The second kappa shape index (κ2) is 6.96. The van der Waals surface area contributed by atoms with Gasteiger partial charge in [0, 0.05) is 11.7 Å². The molecule has 0 amide bonds. The summed E-state index contributed by atoms with van der Waals surface area (Å²) in [5, 5.41) is 16.5. The average molecular weight is 288 g/mol. The van der Waals surface area contributed by atoms with Crippen LogP contribution in [-0.4, -0.2) is 27.5 Å². The molecule has 0 bridgehead atoms. The maximum absolute atomic E-state index is 8.70. The highest BCUT2D eigenvalue weighted by molar-refractivity contribution is 7.99. The van der Waals surface area contributed by atoms with Crippen LogP contribution in [0.5, 0.6) is 5.75 Å². The normalized spacial score (nSPS) is 10.5. The highest BCUT2D eigenvalue weighted by Gasteiger charge is 2.06. The molecular formula is C14H16N4OS. The zero-order valence-corrected chi connectivity index (χ0v) is 12.3. The molecule has 0 aliphatic rings. The minimum Gasteiger partial charge on any atom is -0.493 e. The Morgan fingerprint density at radius 2 is 2.10 bits per heavy atom. The second-order valence-corrected chi connectivity index (χ2v) is 5.55. The van der Waals surface area contributed by atoms with Crippen LogP contribution in [0.2, 0.25) is 0 Å². The molecule has 0 aliphatic carbocycles. The number of H-pyrrole nitrogens is 1. The quantitative estimate of drug-likeness (QED) is 0.653. The van der Waals surface area contributed by atoms with E-state index in [1.807, 2.05) is 0 Å². The van der Waals surface area contributed by atoms with Crippen LogP contribution in [0.25, 0.3) is 0 Å². The molecule has 20 heavy (non-hydrogen) atoms. The first kappa shape index (κ1) is 14.4. The van der Waals surface area contributed by atoms with E-state index in [0.29, 0.717) is 18.1 Å².